The first-order chi connectivity index (χ1) is 8.80. The van der Waals surface area contributed by atoms with E-state index in [4.69, 9.17) is 0 Å². The van der Waals surface area contributed by atoms with Gasteiger partial charge in [-0.05, 0) is 61.8 Å². The summed E-state index contributed by atoms with van der Waals surface area (Å²) >= 11 is 0. The Kier molecular flexibility index (Phi) is 6.06. The molecule has 0 saturated carbocycles. The number of hydrogen-bond donors (Lipinski definition) is 1. The second kappa shape index (κ2) is 7.09. The van der Waals surface area contributed by atoms with Crippen molar-refractivity contribution in [2.45, 2.75) is 66.8 Å². The van der Waals surface area contributed by atoms with E-state index in [1.54, 1.807) is 0 Å². The minimum atomic E-state index is 0.417. The van der Waals surface area contributed by atoms with Crippen molar-refractivity contribution in [1.82, 2.24) is 5.32 Å². The minimum Gasteiger partial charge on any atom is -0.315 e. The number of rotatable bonds is 7. The van der Waals surface area contributed by atoms with Gasteiger partial charge in [-0.2, -0.15) is 0 Å². The van der Waals surface area contributed by atoms with Crippen LogP contribution in [0, 0.1) is 19.3 Å². The Morgan fingerprint density at radius 3 is 2.32 bits per heavy atom. The van der Waals surface area contributed by atoms with Gasteiger partial charge in [-0.15, -0.1) is 0 Å². The highest BCUT2D eigenvalue weighted by atomic mass is 14.9. The Labute approximate surface area is 119 Å². The Bertz CT molecular complexity index is 391. The van der Waals surface area contributed by atoms with Crippen LogP contribution in [0.1, 0.15) is 57.2 Å². The van der Waals surface area contributed by atoms with Crippen LogP contribution in [0.5, 0.6) is 0 Å². The Morgan fingerprint density at radius 1 is 1.05 bits per heavy atom. The molecule has 1 aromatic carbocycles. The van der Waals surface area contributed by atoms with Gasteiger partial charge >= 0.3 is 0 Å². The summed E-state index contributed by atoms with van der Waals surface area (Å²) in [5.41, 5.74) is 4.70. The van der Waals surface area contributed by atoms with Crippen molar-refractivity contribution in [1.29, 1.82) is 0 Å². The molecular weight excluding hydrogens is 230 g/mol. The van der Waals surface area contributed by atoms with Gasteiger partial charge in [0.25, 0.3) is 0 Å². The van der Waals surface area contributed by atoms with Gasteiger partial charge in [-0.25, -0.2) is 0 Å². The Balaban J connectivity index is 2.43. The van der Waals surface area contributed by atoms with Crippen LogP contribution in [-0.2, 0) is 6.42 Å². The van der Waals surface area contributed by atoms with Crippen LogP contribution in [0.2, 0.25) is 0 Å². The predicted molar refractivity (Wildman–Crippen MR) is 85.8 cm³/mol. The normalized spacial score (nSPS) is 12.2. The van der Waals surface area contributed by atoms with Crippen LogP contribution < -0.4 is 5.32 Å². The lowest BCUT2D eigenvalue weighted by Gasteiger charge is -2.25. The van der Waals surface area contributed by atoms with E-state index in [-0.39, 0.29) is 0 Å². The van der Waals surface area contributed by atoms with Gasteiger partial charge in [-0.3, -0.25) is 0 Å². The largest absolute Gasteiger partial charge is 0.315 e. The molecule has 1 heteroatoms. The SMILES string of the molecule is Cc1ccc(CCC(C)(C)CCNC(C)C)cc1C. The Hall–Kier alpha value is -0.820. The first-order valence-electron chi connectivity index (χ1n) is 7.60. The van der Waals surface area contributed by atoms with E-state index in [2.05, 4.69) is 65.1 Å². The van der Waals surface area contributed by atoms with Gasteiger partial charge in [0.05, 0.1) is 0 Å². The van der Waals surface area contributed by atoms with Gasteiger partial charge in [-0.1, -0.05) is 45.9 Å². The number of nitrogens with one attached hydrogen (secondary N) is 1. The predicted octanol–water partition coefficient (Wildman–Crippen LogP) is 4.65. The van der Waals surface area contributed by atoms with Crippen LogP contribution in [-0.4, -0.2) is 12.6 Å². The molecule has 0 bridgehead atoms. The fraction of sp³-hybridized carbons (Fsp3) is 0.667. The van der Waals surface area contributed by atoms with E-state index < -0.39 is 0 Å². The lowest BCUT2D eigenvalue weighted by Crippen LogP contribution is -2.28. The van der Waals surface area contributed by atoms with E-state index in [1.165, 1.54) is 36.0 Å². The second-order valence-electron chi connectivity index (χ2n) is 6.94. The summed E-state index contributed by atoms with van der Waals surface area (Å²) in [6.45, 7) is 14.7. The molecule has 0 aliphatic heterocycles. The summed E-state index contributed by atoms with van der Waals surface area (Å²) in [6.07, 6.45) is 3.70. The monoisotopic (exact) mass is 261 g/mol. The standard InChI is InChI=1S/C18H31N/c1-14(2)19-12-11-18(5,6)10-9-17-8-7-15(3)16(4)13-17/h7-8,13-14,19H,9-12H2,1-6H3. The molecule has 1 aromatic rings. The van der Waals surface area contributed by atoms with Crippen LogP contribution in [0.25, 0.3) is 0 Å². The zero-order valence-corrected chi connectivity index (χ0v) is 13.6. The second-order valence-corrected chi connectivity index (χ2v) is 6.94. The highest BCUT2D eigenvalue weighted by Crippen LogP contribution is 2.27. The molecular formula is C18H31N. The van der Waals surface area contributed by atoms with Crippen molar-refractivity contribution < 1.29 is 0 Å². The minimum absolute atomic E-state index is 0.417. The van der Waals surface area contributed by atoms with E-state index in [1.807, 2.05) is 0 Å². The van der Waals surface area contributed by atoms with Crippen molar-refractivity contribution in [3.05, 3.63) is 34.9 Å². The summed E-state index contributed by atoms with van der Waals surface area (Å²) < 4.78 is 0. The summed E-state index contributed by atoms with van der Waals surface area (Å²) in [5.74, 6) is 0. The lowest BCUT2D eigenvalue weighted by atomic mass is 9.83. The molecule has 0 unspecified atom stereocenters. The average molecular weight is 261 g/mol. The summed E-state index contributed by atoms with van der Waals surface area (Å²) in [5, 5.41) is 3.52. The summed E-state index contributed by atoms with van der Waals surface area (Å²) in [6, 6.07) is 7.47. The van der Waals surface area contributed by atoms with Gasteiger partial charge in [0, 0.05) is 6.04 Å². The molecule has 19 heavy (non-hydrogen) atoms. The average Bonchev–Trinajstić information content (AvgIpc) is 2.30. The van der Waals surface area contributed by atoms with Crippen molar-refractivity contribution in [3.8, 4) is 0 Å². The van der Waals surface area contributed by atoms with Crippen molar-refractivity contribution in [2.24, 2.45) is 5.41 Å². The molecule has 0 spiro atoms. The van der Waals surface area contributed by atoms with Gasteiger partial charge in [0.15, 0.2) is 0 Å². The van der Waals surface area contributed by atoms with Gasteiger partial charge in [0.1, 0.15) is 0 Å². The maximum absolute atomic E-state index is 3.52. The van der Waals surface area contributed by atoms with Gasteiger partial charge < -0.3 is 5.32 Å². The molecule has 0 aliphatic rings. The third-order valence-electron chi connectivity index (χ3n) is 4.02. The smallest absolute Gasteiger partial charge is 0.00103 e. The zero-order chi connectivity index (χ0) is 14.5. The van der Waals surface area contributed by atoms with E-state index >= 15 is 0 Å². The van der Waals surface area contributed by atoms with E-state index in [0.29, 0.717) is 11.5 Å². The topological polar surface area (TPSA) is 12.0 Å². The first kappa shape index (κ1) is 16.2. The number of benzene rings is 1. The van der Waals surface area contributed by atoms with Crippen molar-refractivity contribution in [3.63, 3.8) is 0 Å². The third kappa shape index (κ3) is 6.24. The van der Waals surface area contributed by atoms with Crippen LogP contribution in [0.15, 0.2) is 18.2 Å². The van der Waals surface area contributed by atoms with Crippen LogP contribution in [0.3, 0.4) is 0 Å². The molecule has 0 saturated heterocycles. The molecule has 108 valence electrons. The van der Waals surface area contributed by atoms with Crippen LogP contribution >= 0.6 is 0 Å². The number of aryl methyl sites for hydroxylation is 3. The summed E-state index contributed by atoms with van der Waals surface area (Å²) in [4.78, 5) is 0. The first-order valence-corrected chi connectivity index (χ1v) is 7.60. The highest BCUT2D eigenvalue weighted by molar-refractivity contribution is 5.29. The van der Waals surface area contributed by atoms with Crippen molar-refractivity contribution in [2.75, 3.05) is 6.54 Å². The molecule has 0 fully saturated rings. The van der Waals surface area contributed by atoms with E-state index in [0.717, 1.165) is 6.54 Å². The molecule has 1 N–H and O–H groups in total. The zero-order valence-electron chi connectivity index (χ0n) is 13.6. The maximum Gasteiger partial charge on any atom is 0.00103 e. The van der Waals surface area contributed by atoms with E-state index in [9.17, 15) is 0 Å². The third-order valence-corrected chi connectivity index (χ3v) is 4.02. The van der Waals surface area contributed by atoms with Crippen molar-refractivity contribution >= 4 is 0 Å². The summed E-state index contributed by atoms with van der Waals surface area (Å²) in [7, 11) is 0. The molecule has 0 aliphatic carbocycles. The number of hydrogen-bond acceptors (Lipinski definition) is 1. The molecule has 0 atom stereocenters. The molecule has 0 radical (unpaired) electrons. The Morgan fingerprint density at radius 2 is 1.74 bits per heavy atom. The van der Waals surface area contributed by atoms with Gasteiger partial charge in [0.2, 0.25) is 0 Å². The quantitative estimate of drug-likeness (QED) is 0.753. The molecule has 0 heterocycles. The lowest BCUT2D eigenvalue weighted by molar-refractivity contribution is 0.298. The molecule has 0 amide bonds. The fourth-order valence-corrected chi connectivity index (χ4v) is 2.27. The molecule has 1 nitrogen and oxygen atoms in total. The maximum atomic E-state index is 3.52. The highest BCUT2D eigenvalue weighted by Gasteiger charge is 2.17. The van der Waals surface area contributed by atoms with Crippen LogP contribution in [0.4, 0.5) is 0 Å². The fourth-order valence-electron chi connectivity index (χ4n) is 2.27. The molecule has 1 rings (SSSR count). The molecule has 0 aromatic heterocycles.